The summed E-state index contributed by atoms with van der Waals surface area (Å²) < 4.78 is 6.06. The number of nitrogens with zero attached hydrogens (tertiary/aromatic N) is 1. The van der Waals surface area contributed by atoms with Crippen LogP contribution in [-0.4, -0.2) is 19.3 Å². The highest BCUT2D eigenvalue weighted by Crippen LogP contribution is 2.39. The molecule has 2 aromatic carbocycles. The molecule has 2 atom stereocenters. The Morgan fingerprint density at radius 3 is 2.57 bits per heavy atom. The van der Waals surface area contributed by atoms with E-state index < -0.39 is 0 Å². The van der Waals surface area contributed by atoms with Gasteiger partial charge in [-0.3, -0.25) is 0 Å². The molecule has 2 nitrogen and oxygen atoms in total. The highest BCUT2D eigenvalue weighted by Gasteiger charge is 2.35. The summed E-state index contributed by atoms with van der Waals surface area (Å²) in [6.45, 7) is 1.98. The van der Waals surface area contributed by atoms with Crippen LogP contribution >= 0.6 is 0 Å². The third-order valence-corrected chi connectivity index (χ3v) is 4.74. The largest absolute Gasteiger partial charge is 0.376 e. The van der Waals surface area contributed by atoms with E-state index in [9.17, 15) is 0 Å². The molecule has 0 amide bonds. The number of para-hydroxylation sites is 1. The van der Waals surface area contributed by atoms with Crippen LogP contribution in [0.15, 0.2) is 54.6 Å². The Labute approximate surface area is 126 Å². The second kappa shape index (κ2) is 5.53. The maximum absolute atomic E-state index is 6.06. The van der Waals surface area contributed by atoms with E-state index in [0.717, 1.165) is 19.6 Å². The first-order valence-corrected chi connectivity index (χ1v) is 7.94. The predicted molar refractivity (Wildman–Crippen MR) is 85.6 cm³/mol. The Morgan fingerprint density at radius 1 is 0.952 bits per heavy atom. The van der Waals surface area contributed by atoms with Crippen molar-refractivity contribution in [2.45, 2.75) is 31.4 Å². The van der Waals surface area contributed by atoms with Crippen LogP contribution in [0.3, 0.4) is 0 Å². The molecular weight excluding hydrogens is 258 g/mol. The van der Waals surface area contributed by atoms with Crippen molar-refractivity contribution in [1.29, 1.82) is 0 Å². The molecular formula is C19H21NO. The van der Waals surface area contributed by atoms with E-state index in [2.05, 4.69) is 59.5 Å². The minimum atomic E-state index is 0.326. The standard InChI is InChI=1S/C19H21NO/c1-2-8-16(9-3-1)20-13-12-15-7-4-5-10-17(15)19(20)18-11-6-14-21-18/h1-5,7-10,18-19H,6,11-14H2/t18-,19?/m0/s1. The summed E-state index contributed by atoms with van der Waals surface area (Å²) >= 11 is 0. The zero-order valence-corrected chi connectivity index (χ0v) is 12.2. The van der Waals surface area contributed by atoms with Gasteiger partial charge in [-0.15, -0.1) is 0 Å². The van der Waals surface area contributed by atoms with Crippen molar-refractivity contribution in [3.05, 3.63) is 65.7 Å². The van der Waals surface area contributed by atoms with E-state index in [1.165, 1.54) is 29.7 Å². The van der Waals surface area contributed by atoms with Gasteiger partial charge in [-0.05, 0) is 42.5 Å². The summed E-state index contributed by atoms with van der Waals surface area (Å²) in [6.07, 6.45) is 3.80. The van der Waals surface area contributed by atoms with E-state index in [1.807, 2.05) is 0 Å². The monoisotopic (exact) mass is 279 g/mol. The Hall–Kier alpha value is -1.80. The second-order valence-electron chi connectivity index (χ2n) is 5.97. The number of ether oxygens (including phenoxy) is 1. The lowest BCUT2D eigenvalue weighted by atomic mass is 9.88. The number of benzene rings is 2. The molecule has 2 aromatic rings. The van der Waals surface area contributed by atoms with Gasteiger partial charge in [-0.1, -0.05) is 42.5 Å². The van der Waals surface area contributed by atoms with Gasteiger partial charge in [-0.2, -0.15) is 0 Å². The van der Waals surface area contributed by atoms with Gasteiger partial charge >= 0.3 is 0 Å². The first-order chi connectivity index (χ1) is 10.4. The average molecular weight is 279 g/mol. The molecule has 2 aliphatic rings. The first-order valence-electron chi connectivity index (χ1n) is 7.94. The number of hydrogen-bond donors (Lipinski definition) is 0. The van der Waals surface area contributed by atoms with E-state index in [-0.39, 0.29) is 0 Å². The molecule has 1 saturated heterocycles. The zero-order valence-electron chi connectivity index (χ0n) is 12.2. The van der Waals surface area contributed by atoms with Gasteiger partial charge in [-0.25, -0.2) is 0 Å². The van der Waals surface area contributed by atoms with Crippen LogP contribution in [0.1, 0.15) is 30.0 Å². The van der Waals surface area contributed by atoms with Gasteiger partial charge in [0.15, 0.2) is 0 Å². The summed E-state index contributed by atoms with van der Waals surface area (Å²) in [5.74, 6) is 0. The van der Waals surface area contributed by atoms with E-state index in [0.29, 0.717) is 12.1 Å². The highest BCUT2D eigenvalue weighted by atomic mass is 16.5. The van der Waals surface area contributed by atoms with E-state index in [4.69, 9.17) is 4.74 Å². The van der Waals surface area contributed by atoms with Gasteiger partial charge in [0.25, 0.3) is 0 Å². The second-order valence-corrected chi connectivity index (χ2v) is 5.97. The molecule has 108 valence electrons. The summed E-state index contributed by atoms with van der Waals surface area (Å²) in [5.41, 5.74) is 4.26. The summed E-state index contributed by atoms with van der Waals surface area (Å²) in [5, 5.41) is 0. The minimum Gasteiger partial charge on any atom is -0.376 e. The molecule has 0 radical (unpaired) electrons. The maximum atomic E-state index is 6.06. The number of rotatable bonds is 2. The number of hydrogen-bond acceptors (Lipinski definition) is 2. The van der Waals surface area contributed by atoms with Crippen molar-refractivity contribution < 1.29 is 4.74 Å². The fourth-order valence-corrected chi connectivity index (χ4v) is 3.76. The van der Waals surface area contributed by atoms with Crippen molar-refractivity contribution in [1.82, 2.24) is 0 Å². The lowest BCUT2D eigenvalue weighted by Gasteiger charge is -2.41. The summed E-state index contributed by atoms with van der Waals surface area (Å²) in [6, 6.07) is 20.0. The third kappa shape index (κ3) is 2.34. The smallest absolute Gasteiger partial charge is 0.0821 e. The van der Waals surface area contributed by atoms with Gasteiger partial charge in [0.1, 0.15) is 0 Å². The normalized spacial score (nSPS) is 24.9. The SMILES string of the molecule is c1ccc(N2CCc3ccccc3C2[C@@H]2CCCO2)cc1. The quantitative estimate of drug-likeness (QED) is 0.824. The molecule has 0 spiro atoms. The molecule has 2 heterocycles. The van der Waals surface area contributed by atoms with Gasteiger partial charge in [0.05, 0.1) is 12.1 Å². The predicted octanol–water partition coefficient (Wildman–Crippen LogP) is 3.97. The Bertz CT molecular complexity index is 604. The van der Waals surface area contributed by atoms with Crippen LogP contribution in [0.2, 0.25) is 0 Å². The fourth-order valence-electron chi connectivity index (χ4n) is 3.76. The van der Waals surface area contributed by atoms with E-state index >= 15 is 0 Å². The lowest BCUT2D eigenvalue weighted by molar-refractivity contribution is 0.0854. The molecule has 0 aromatic heterocycles. The lowest BCUT2D eigenvalue weighted by Crippen LogP contribution is -2.41. The third-order valence-electron chi connectivity index (χ3n) is 4.74. The van der Waals surface area contributed by atoms with Crippen molar-refractivity contribution in [2.75, 3.05) is 18.1 Å². The molecule has 0 N–H and O–H groups in total. The molecule has 0 bridgehead atoms. The molecule has 2 heteroatoms. The van der Waals surface area contributed by atoms with Crippen molar-refractivity contribution in [3.63, 3.8) is 0 Å². The van der Waals surface area contributed by atoms with Crippen LogP contribution in [0, 0.1) is 0 Å². The number of anilines is 1. The first kappa shape index (κ1) is 12.9. The topological polar surface area (TPSA) is 12.5 Å². The molecule has 2 aliphatic heterocycles. The molecule has 1 fully saturated rings. The van der Waals surface area contributed by atoms with Crippen LogP contribution in [0.25, 0.3) is 0 Å². The van der Waals surface area contributed by atoms with Crippen molar-refractivity contribution in [3.8, 4) is 0 Å². The van der Waals surface area contributed by atoms with Crippen LogP contribution in [0.5, 0.6) is 0 Å². The Morgan fingerprint density at radius 2 is 1.76 bits per heavy atom. The van der Waals surface area contributed by atoms with Gasteiger partial charge in [0.2, 0.25) is 0 Å². The highest BCUT2D eigenvalue weighted by molar-refractivity contribution is 5.52. The van der Waals surface area contributed by atoms with Crippen LogP contribution in [-0.2, 0) is 11.2 Å². The maximum Gasteiger partial charge on any atom is 0.0821 e. The van der Waals surface area contributed by atoms with Crippen LogP contribution < -0.4 is 4.90 Å². The van der Waals surface area contributed by atoms with Crippen molar-refractivity contribution in [2.24, 2.45) is 0 Å². The molecule has 21 heavy (non-hydrogen) atoms. The molecule has 0 aliphatic carbocycles. The number of fused-ring (bicyclic) bond motifs is 1. The van der Waals surface area contributed by atoms with E-state index in [1.54, 1.807) is 0 Å². The summed E-state index contributed by atoms with van der Waals surface area (Å²) in [7, 11) is 0. The van der Waals surface area contributed by atoms with Gasteiger partial charge in [0, 0.05) is 18.8 Å². The van der Waals surface area contributed by atoms with Crippen LogP contribution in [0.4, 0.5) is 5.69 Å². The summed E-state index contributed by atoms with van der Waals surface area (Å²) in [4.78, 5) is 2.54. The van der Waals surface area contributed by atoms with Gasteiger partial charge < -0.3 is 9.64 Å². The molecule has 1 unspecified atom stereocenters. The van der Waals surface area contributed by atoms with Crippen molar-refractivity contribution >= 4 is 5.69 Å². The Kier molecular flexibility index (Phi) is 3.40. The Balaban J connectivity index is 1.77. The fraction of sp³-hybridized carbons (Fsp3) is 0.368. The zero-order chi connectivity index (χ0) is 14.1. The average Bonchev–Trinajstić information content (AvgIpc) is 3.08. The minimum absolute atomic E-state index is 0.326. The molecule has 0 saturated carbocycles. The molecule has 4 rings (SSSR count).